The molecule has 0 aliphatic rings. The first-order valence-electron chi connectivity index (χ1n) is 6.18. The second-order valence-electron chi connectivity index (χ2n) is 5.40. The van der Waals surface area contributed by atoms with E-state index in [1.54, 1.807) is 0 Å². The molecule has 1 amide bonds. The van der Waals surface area contributed by atoms with Gasteiger partial charge in [0.1, 0.15) is 0 Å². The lowest BCUT2D eigenvalue weighted by atomic mass is 10.1. The third kappa shape index (κ3) is 5.54. The van der Waals surface area contributed by atoms with Gasteiger partial charge in [-0.1, -0.05) is 11.6 Å². The Labute approximate surface area is 122 Å². The number of anilines is 1. The normalized spacial score (nSPS) is 11.2. The van der Waals surface area contributed by atoms with Crippen LogP contribution in [0.4, 0.5) is 11.4 Å². The van der Waals surface area contributed by atoms with Crippen LogP contribution in [-0.2, 0) is 4.79 Å². The first-order valence-corrected chi connectivity index (χ1v) is 6.55. The molecule has 20 heavy (non-hydrogen) atoms. The number of rotatable bonds is 5. The zero-order valence-corrected chi connectivity index (χ0v) is 12.5. The van der Waals surface area contributed by atoms with E-state index in [1.165, 1.54) is 18.2 Å². The minimum Gasteiger partial charge on any atom is -0.325 e. The van der Waals surface area contributed by atoms with Crippen LogP contribution in [0.3, 0.4) is 0 Å². The number of hydrogen-bond acceptors (Lipinski definition) is 4. The average molecular weight is 300 g/mol. The van der Waals surface area contributed by atoms with E-state index < -0.39 is 4.92 Å². The summed E-state index contributed by atoms with van der Waals surface area (Å²) in [6, 6.07) is 3.93. The maximum atomic E-state index is 11.8. The van der Waals surface area contributed by atoms with Crippen molar-refractivity contribution in [3.05, 3.63) is 33.3 Å². The lowest BCUT2D eigenvalue weighted by molar-refractivity contribution is -0.384. The van der Waals surface area contributed by atoms with Gasteiger partial charge in [-0.3, -0.25) is 14.9 Å². The Morgan fingerprint density at radius 2 is 2.05 bits per heavy atom. The van der Waals surface area contributed by atoms with Crippen molar-refractivity contribution in [2.45, 2.75) is 32.7 Å². The largest absolute Gasteiger partial charge is 0.325 e. The van der Waals surface area contributed by atoms with Gasteiger partial charge in [0.15, 0.2) is 0 Å². The summed E-state index contributed by atoms with van der Waals surface area (Å²) in [5.74, 6) is -0.246. The average Bonchev–Trinajstić information content (AvgIpc) is 2.30. The maximum absolute atomic E-state index is 11.8. The first-order chi connectivity index (χ1) is 9.19. The van der Waals surface area contributed by atoms with Crippen molar-refractivity contribution in [3.8, 4) is 0 Å². The Morgan fingerprint density at radius 1 is 1.40 bits per heavy atom. The highest BCUT2D eigenvalue weighted by molar-refractivity contribution is 6.33. The molecule has 0 spiro atoms. The van der Waals surface area contributed by atoms with Gasteiger partial charge in [0.2, 0.25) is 5.91 Å². The standard InChI is InChI=1S/C13H18ClN3O3/c1-13(2,3)15-7-6-12(18)16-11-8-9(17(19)20)4-5-10(11)14/h4-5,8,15H,6-7H2,1-3H3,(H,16,18). The van der Waals surface area contributed by atoms with Gasteiger partial charge in [0.05, 0.1) is 15.6 Å². The fraction of sp³-hybridized carbons (Fsp3) is 0.462. The molecular weight excluding hydrogens is 282 g/mol. The van der Waals surface area contributed by atoms with Crippen molar-refractivity contribution < 1.29 is 9.72 Å². The molecule has 6 nitrogen and oxygen atoms in total. The van der Waals surface area contributed by atoms with Crippen LogP contribution < -0.4 is 10.6 Å². The lowest BCUT2D eigenvalue weighted by Gasteiger charge is -2.20. The minimum absolute atomic E-state index is 0.0660. The van der Waals surface area contributed by atoms with E-state index in [4.69, 9.17) is 11.6 Å². The Bertz CT molecular complexity index is 512. The van der Waals surface area contributed by atoms with Crippen LogP contribution in [-0.4, -0.2) is 22.9 Å². The summed E-state index contributed by atoms with van der Waals surface area (Å²) in [6.45, 7) is 6.52. The number of halogens is 1. The molecule has 0 fully saturated rings. The molecule has 1 aromatic rings. The summed E-state index contributed by atoms with van der Waals surface area (Å²) in [5, 5.41) is 16.7. The third-order valence-corrected chi connectivity index (χ3v) is 2.77. The monoisotopic (exact) mass is 299 g/mol. The molecule has 110 valence electrons. The molecule has 0 saturated carbocycles. The van der Waals surface area contributed by atoms with E-state index in [1.807, 2.05) is 20.8 Å². The highest BCUT2D eigenvalue weighted by Crippen LogP contribution is 2.26. The van der Waals surface area contributed by atoms with E-state index >= 15 is 0 Å². The molecule has 0 radical (unpaired) electrons. The van der Waals surface area contributed by atoms with Crippen molar-refractivity contribution in [1.82, 2.24) is 5.32 Å². The van der Waals surface area contributed by atoms with E-state index in [0.717, 1.165) is 0 Å². The molecular formula is C13H18ClN3O3. The van der Waals surface area contributed by atoms with Crippen molar-refractivity contribution >= 4 is 28.9 Å². The molecule has 7 heteroatoms. The fourth-order valence-corrected chi connectivity index (χ4v) is 1.65. The third-order valence-electron chi connectivity index (χ3n) is 2.44. The second-order valence-corrected chi connectivity index (χ2v) is 5.80. The number of nitro benzene ring substituents is 1. The van der Waals surface area contributed by atoms with Crippen LogP contribution in [0.5, 0.6) is 0 Å². The molecule has 0 bridgehead atoms. The van der Waals surface area contributed by atoms with Gasteiger partial charge in [-0.25, -0.2) is 0 Å². The number of hydrogen-bond donors (Lipinski definition) is 2. The van der Waals surface area contributed by atoms with Crippen molar-refractivity contribution in [2.24, 2.45) is 0 Å². The highest BCUT2D eigenvalue weighted by atomic mass is 35.5. The molecule has 0 atom stereocenters. The molecule has 0 saturated heterocycles. The van der Waals surface area contributed by atoms with E-state index in [9.17, 15) is 14.9 Å². The Hall–Kier alpha value is -1.66. The Morgan fingerprint density at radius 3 is 2.60 bits per heavy atom. The van der Waals surface area contributed by atoms with Crippen LogP contribution in [0.25, 0.3) is 0 Å². The van der Waals surface area contributed by atoms with Crippen molar-refractivity contribution in [1.29, 1.82) is 0 Å². The Kier molecular flexibility index (Phi) is 5.47. The number of nitrogens with zero attached hydrogens (tertiary/aromatic N) is 1. The molecule has 0 heterocycles. The van der Waals surface area contributed by atoms with Gasteiger partial charge in [-0.05, 0) is 26.8 Å². The second kappa shape index (κ2) is 6.67. The molecule has 0 aromatic heterocycles. The molecule has 0 aliphatic carbocycles. The van der Waals surface area contributed by atoms with E-state index in [2.05, 4.69) is 10.6 Å². The molecule has 2 N–H and O–H groups in total. The smallest absolute Gasteiger partial charge is 0.271 e. The van der Waals surface area contributed by atoms with Crippen molar-refractivity contribution in [2.75, 3.05) is 11.9 Å². The van der Waals surface area contributed by atoms with Crippen LogP contribution in [0, 0.1) is 10.1 Å². The van der Waals surface area contributed by atoms with Crippen LogP contribution >= 0.6 is 11.6 Å². The topological polar surface area (TPSA) is 84.3 Å². The molecule has 0 aliphatic heterocycles. The number of amides is 1. The number of carbonyl (C=O) groups excluding carboxylic acids is 1. The minimum atomic E-state index is -0.535. The zero-order chi connectivity index (χ0) is 15.3. The summed E-state index contributed by atoms with van der Waals surface area (Å²) in [5.41, 5.74) is 0.0721. The van der Waals surface area contributed by atoms with E-state index in [-0.39, 0.29) is 34.3 Å². The predicted octanol–water partition coefficient (Wildman–Crippen LogP) is 2.96. The highest BCUT2D eigenvalue weighted by Gasteiger charge is 2.13. The fourth-order valence-electron chi connectivity index (χ4n) is 1.49. The van der Waals surface area contributed by atoms with E-state index in [0.29, 0.717) is 6.54 Å². The number of non-ortho nitro benzene ring substituents is 1. The number of nitro groups is 1. The lowest BCUT2D eigenvalue weighted by Crippen LogP contribution is -2.37. The van der Waals surface area contributed by atoms with Gasteiger partial charge in [0.25, 0.3) is 5.69 Å². The number of carbonyl (C=O) groups is 1. The van der Waals surface area contributed by atoms with Crippen molar-refractivity contribution in [3.63, 3.8) is 0 Å². The van der Waals surface area contributed by atoms with Gasteiger partial charge >= 0.3 is 0 Å². The van der Waals surface area contributed by atoms with Gasteiger partial charge in [-0.2, -0.15) is 0 Å². The maximum Gasteiger partial charge on any atom is 0.271 e. The molecule has 1 rings (SSSR count). The summed E-state index contributed by atoms with van der Waals surface area (Å²) in [6.07, 6.45) is 0.260. The summed E-state index contributed by atoms with van der Waals surface area (Å²) in [7, 11) is 0. The molecule has 0 unspecified atom stereocenters. The predicted molar refractivity (Wildman–Crippen MR) is 79.1 cm³/mol. The summed E-state index contributed by atoms with van der Waals surface area (Å²) in [4.78, 5) is 21.9. The number of benzene rings is 1. The first kappa shape index (κ1) is 16.4. The van der Waals surface area contributed by atoms with Crippen LogP contribution in [0.15, 0.2) is 18.2 Å². The van der Waals surface area contributed by atoms with Crippen LogP contribution in [0.2, 0.25) is 5.02 Å². The molecule has 1 aromatic carbocycles. The SMILES string of the molecule is CC(C)(C)NCCC(=O)Nc1cc([N+](=O)[O-])ccc1Cl. The van der Waals surface area contributed by atoms with Gasteiger partial charge < -0.3 is 10.6 Å². The van der Waals surface area contributed by atoms with Gasteiger partial charge in [0, 0.05) is 30.6 Å². The number of nitrogens with one attached hydrogen (secondary N) is 2. The summed E-state index contributed by atoms with van der Waals surface area (Å²) < 4.78 is 0. The Balaban J connectivity index is 2.62. The quantitative estimate of drug-likeness (QED) is 0.646. The van der Waals surface area contributed by atoms with Crippen LogP contribution in [0.1, 0.15) is 27.2 Å². The van der Waals surface area contributed by atoms with Gasteiger partial charge in [-0.15, -0.1) is 0 Å². The zero-order valence-electron chi connectivity index (χ0n) is 11.7. The summed E-state index contributed by atoms with van der Waals surface area (Å²) >= 11 is 5.90.